The van der Waals surface area contributed by atoms with Gasteiger partial charge in [0.2, 0.25) is 0 Å². The molecule has 0 fully saturated rings. The van der Waals surface area contributed by atoms with Crippen LogP contribution in [0.4, 0.5) is 11.4 Å². The van der Waals surface area contributed by atoms with Gasteiger partial charge in [-0.1, -0.05) is 29.4 Å². The van der Waals surface area contributed by atoms with E-state index in [0.29, 0.717) is 16.8 Å². The molecule has 3 rings (SSSR count). The molecule has 6 heteroatoms. The van der Waals surface area contributed by atoms with Gasteiger partial charge >= 0.3 is 0 Å². The summed E-state index contributed by atoms with van der Waals surface area (Å²) in [5.41, 5.74) is 8.75. The molecule has 0 atom stereocenters. The number of anilines is 1. The lowest BCUT2D eigenvalue weighted by atomic mass is 10.0. The Bertz CT molecular complexity index is 738. The predicted molar refractivity (Wildman–Crippen MR) is 70.4 cm³/mol. The van der Waals surface area contributed by atoms with Crippen LogP contribution < -0.4 is 5.73 Å². The maximum Gasteiger partial charge on any atom is 0.292 e. The van der Waals surface area contributed by atoms with Crippen LogP contribution in [0.15, 0.2) is 41.6 Å². The third-order valence-electron chi connectivity index (χ3n) is 3.19. The number of nitrogens with two attached hydrogens (primary N) is 1. The summed E-state index contributed by atoms with van der Waals surface area (Å²) in [6.45, 7) is 0. The zero-order valence-corrected chi connectivity index (χ0v) is 9.70. The minimum Gasteiger partial charge on any atom is -0.410 e. The van der Waals surface area contributed by atoms with Crippen LogP contribution in [-0.4, -0.2) is 15.8 Å². The lowest BCUT2D eigenvalue weighted by molar-refractivity contribution is -0.383. The first-order valence-electron chi connectivity index (χ1n) is 5.53. The summed E-state index contributed by atoms with van der Waals surface area (Å²) in [6, 6.07) is 10.2. The molecule has 0 heterocycles. The molecule has 1 aliphatic carbocycles. The number of oxime groups is 1. The topological polar surface area (TPSA) is 102 Å². The average molecular weight is 255 g/mol. The highest BCUT2D eigenvalue weighted by atomic mass is 16.6. The molecular formula is C13H9N3O3. The fourth-order valence-corrected chi connectivity index (χ4v) is 2.36. The third-order valence-corrected chi connectivity index (χ3v) is 3.19. The Hall–Kier alpha value is -2.89. The fourth-order valence-electron chi connectivity index (χ4n) is 2.36. The number of hydrogen-bond donors (Lipinski definition) is 2. The summed E-state index contributed by atoms with van der Waals surface area (Å²) in [5.74, 6) is 0. The molecule has 0 saturated heterocycles. The van der Waals surface area contributed by atoms with Gasteiger partial charge in [-0.2, -0.15) is 0 Å². The van der Waals surface area contributed by atoms with Gasteiger partial charge < -0.3 is 10.9 Å². The molecule has 2 aromatic carbocycles. The largest absolute Gasteiger partial charge is 0.410 e. The summed E-state index contributed by atoms with van der Waals surface area (Å²) >= 11 is 0. The Balaban J connectivity index is 2.37. The van der Waals surface area contributed by atoms with Crippen molar-refractivity contribution in [3.8, 4) is 11.1 Å². The van der Waals surface area contributed by atoms with Crippen molar-refractivity contribution in [1.82, 2.24) is 0 Å². The number of nitrogen functional groups attached to an aromatic ring is 1. The van der Waals surface area contributed by atoms with E-state index < -0.39 is 4.92 Å². The highest BCUT2D eigenvalue weighted by molar-refractivity contribution is 6.24. The molecule has 1 aliphatic rings. The van der Waals surface area contributed by atoms with E-state index in [1.165, 1.54) is 12.1 Å². The average Bonchev–Trinajstić information content (AvgIpc) is 2.70. The summed E-state index contributed by atoms with van der Waals surface area (Å²) in [5, 5.41) is 23.3. The Kier molecular flexibility index (Phi) is 2.25. The summed E-state index contributed by atoms with van der Waals surface area (Å²) in [4.78, 5) is 10.4. The first kappa shape index (κ1) is 11.2. The van der Waals surface area contributed by atoms with Crippen LogP contribution >= 0.6 is 0 Å². The van der Waals surface area contributed by atoms with E-state index in [1.54, 1.807) is 6.07 Å². The smallest absolute Gasteiger partial charge is 0.292 e. The van der Waals surface area contributed by atoms with Gasteiger partial charge in [-0.15, -0.1) is 0 Å². The maximum atomic E-state index is 10.9. The first-order valence-corrected chi connectivity index (χ1v) is 5.53. The molecule has 0 radical (unpaired) electrons. The number of fused-ring (bicyclic) bond motifs is 3. The highest BCUT2D eigenvalue weighted by Gasteiger charge is 2.28. The third kappa shape index (κ3) is 1.46. The van der Waals surface area contributed by atoms with Crippen LogP contribution in [0.5, 0.6) is 0 Å². The Morgan fingerprint density at radius 2 is 1.79 bits per heavy atom. The molecule has 94 valence electrons. The summed E-state index contributed by atoms with van der Waals surface area (Å²) < 4.78 is 0. The highest BCUT2D eigenvalue weighted by Crippen LogP contribution is 2.41. The van der Waals surface area contributed by atoms with Gasteiger partial charge in [0.1, 0.15) is 11.4 Å². The molecule has 19 heavy (non-hydrogen) atoms. The standard InChI is InChI=1S/C13H9N3O3/c14-11-5-10-9(6-12(11)16(18)19)7-3-1-2-4-8(7)13(10)15-17/h1-6,17H,14H2/b15-13+. The molecule has 0 unspecified atom stereocenters. The number of hydrogen-bond acceptors (Lipinski definition) is 5. The van der Waals surface area contributed by atoms with Crippen molar-refractivity contribution in [2.75, 3.05) is 5.73 Å². The number of rotatable bonds is 1. The zero-order valence-electron chi connectivity index (χ0n) is 9.70. The van der Waals surface area contributed by atoms with Crippen LogP contribution in [0.25, 0.3) is 11.1 Å². The SMILES string of the molecule is Nc1cc2c(cc1[N+](=O)[O-])-c1ccccc1/C2=N\O. The van der Waals surface area contributed by atoms with E-state index >= 15 is 0 Å². The van der Waals surface area contributed by atoms with Gasteiger partial charge in [0.25, 0.3) is 5.69 Å². The van der Waals surface area contributed by atoms with Gasteiger partial charge in [-0.25, -0.2) is 0 Å². The molecule has 0 aromatic heterocycles. The predicted octanol–water partition coefficient (Wildman–Crippen LogP) is 2.38. The zero-order chi connectivity index (χ0) is 13.6. The maximum absolute atomic E-state index is 10.9. The molecule has 0 aliphatic heterocycles. The van der Waals surface area contributed by atoms with E-state index in [0.717, 1.165) is 11.1 Å². The van der Waals surface area contributed by atoms with E-state index in [4.69, 9.17) is 10.9 Å². The Morgan fingerprint density at radius 1 is 1.11 bits per heavy atom. The normalized spacial score (nSPS) is 14.2. The van der Waals surface area contributed by atoms with Crippen LogP contribution in [0, 0.1) is 10.1 Å². The molecule has 0 amide bonds. The van der Waals surface area contributed by atoms with Crippen LogP contribution in [0.3, 0.4) is 0 Å². The minimum atomic E-state index is -0.522. The second kappa shape index (κ2) is 3.81. The Labute approximate surface area is 107 Å². The van der Waals surface area contributed by atoms with E-state index in [-0.39, 0.29) is 11.4 Å². The second-order valence-electron chi connectivity index (χ2n) is 4.21. The molecule has 6 nitrogen and oxygen atoms in total. The van der Waals surface area contributed by atoms with Crippen LogP contribution in [0.1, 0.15) is 11.1 Å². The van der Waals surface area contributed by atoms with Gasteiger partial charge in [0.05, 0.1) is 4.92 Å². The van der Waals surface area contributed by atoms with Crippen molar-refractivity contribution in [2.45, 2.75) is 0 Å². The minimum absolute atomic E-state index is 0.0534. The molecular weight excluding hydrogens is 246 g/mol. The van der Waals surface area contributed by atoms with Crippen molar-refractivity contribution in [3.05, 3.63) is 57.6 Å². The van der Waals surface area contributed by atoms with Crippen molar-refractivity contribution >= 4 is 17.1 Å². The van der Waals surface area contributed by atoms with Gasteiger partial charge in [-0.05, 0) is 17.2 Å². The van der Waals surface area contributed by atoms with Gasteiger partial charge in [0, 0.05) is 17.2 Å². The van der Waals surface area contributed by atoms with Crippen molar-refractivity contribution < 1.29 is 10.1 Å². The molecule has 0 spiro atoms. The molecule has 2 aromatic rings. The van der Waals surface area contributed by atoms with E-state index in [9.17, 15) is 10.1 Å². The molecule has 0 saturated carbocycles. The van der Waals surface area contributed by atoms with Crippen molar-refractivity contribution in [3.63, 3.8) is 0 Å². The summed E-state index contributed by atoms with van der Waals surface area (Å²) in [7, 11) is 0. The van der Waals surface area contributed by atoms with Crippen molar-refractivity contribution in [1.29, 1.82) is 0 Å². The number of nitrogens with zero attached hydrogens (tertiary/aromatic N) is 2. The number of nitro benzene ring substituents is 1. The first-order chi connectivity index (χ1) is 9.13. The molecule has 3 N–H and O–H groups in total. The fraction of sp³-hybridized carbons (Fsp3) is 0. The number of nitro groups is 1. The van der Waals surface area contributed by atoms with E-state index in [2.05, 4.69) is 5.16 Å². The monoisotopic (exact) mass is 255 g/mol. The lowest BCUT2D eigenvalue weighted by Gasteiger charge is -2.02. The van der Waals surface area contributed by atoms with Gasteiger partial charge in [-0.3, -0.25) is 10.1 Å². The van der Waals surface area contributed by atoms with Crippen LogP contribution in [-0.2, 0) is 0 Å². The second-order valence-corrected chi connectivity index (χ2v) is 4.21. The number of benzene rings is 2. The summed E-state index contributed by atoms with van der Waals surface area (Å²) in [6.07, 6.45) is 0. The Morgan fingerprint density at radius 3 is 2.42 bits per heavy atom. The van der Waals surface area contributed by atoms with Crippen LogP contribution in [0.2, 0.25) is 0 Å². The molecule has 0 bridgehead atoms. The van der Waals surface area contributed by atoms with E-state index in [1.807, 2.05) is 18.2 Å². The lowest BCUT2D eigenvalue weighted by Crippen LogP contribution is -2.01. The van der Waals surface area contributed by atoms with Gasteiger partial charge in [0.15, 0.2) is 0 Å². The quantitative estimate of drug-likeness (QED) is 0.301. The van der Waals surface area contributed by atoms with Crippen molar-refractivity contribution in [2.24, 2.45) is 5.16 Å².